The molecule has 0 amide bonds. The van der Waals surface area contributed by atoms with E-state index in [1.807, 2.05) is 0 Å². The smallest absolute Gasteiger partial charge is 0.0195 e. The average Bonchev–Trinajstić information content (AvgIpc) is 2.31. The lowest BCUT2D eigenvalue weighted by molar-refractivity contribution is 0.490. The Balaban J connectivity index is 2.08. The maximum atomic E-state index is 3.50. The molecule has 0 saturated carbocycles. The van der Waals surface area contributed by atoms with Gasteiger partial charge in [0.25, 0.3) is 0 Å². The van der Waals surface area contributed by atoms with Crippen molar-refractivity contribution >= 4 is 0 Å². The minimum Gasteiger partial charge on any atom is -0.313 e. The fourth-order valence-corrected chi connectivity index (χ4v) is 1.55. The van der Waals surface area contributed by atoms with E-state index in [1.54, 1.807) is 0 Å². The summed E-state index contributed by atoms with van der Waals surface area (Å²) in [6, 6.07) is 1.33. The van der Waals surface area contributed by atoms with Crippen molar-refractivity contribution in [2.75, 3.05) is 13.1 Å². The number of nitrogens with one attached hydrogen (secondary N) is 2. The summed E-state index contributed by atoms with van der Waals surface area (Å²) in [5.41, 5.74) is 0. The van der Waals surface area contributed by atoms with E-state index in [-0.39, 0.29) is 0 Å². The molecule has 66 valence electrons. The van der Waals surface area contributed by atoms with Crippen LogP contribution in [-0.4, -0.2) is 25.2 Å². The molecule has 0 bridgehead atoms. The molecule has 0 aliphatic carbocycles. The van der Waals surface area contributed by atoms with Gasteiger partial charge in [-0.05, 0) is 18.9 Å². The molecule has 2 heteroatoms. The van der Waals surface area contributed by atoms with Gasteiger partial charge in [-0.25, -0.2) is 0 Å². The highest BCUT2D eigenvalue weighted by Crippen LogP contribution is 2.11. The van der Waals surface area contributed by atoms with E-state index in [4.69, 9.17) is 0 Å². The monoisotopic (exact) mass is 156 g/mol. The molecule has 1 heterocycles. The van der Waals surface area contributed by atoms with Crippen LogP contribution in [0.15, 0.2) is 0 Å². The van der Waals surface area contributed by atoms with Gasteiger partial charge in [0, 0.05) is 18.6 Å². The van der Waals surface area contributed by atoms with Crippen LogP contribution in [0.1, 0.15) is 27.2 Å². The van der Waals surface area contributed by atoms with Crippen molar-refractivity contribution in [1.82, 2.24) is 10.6 Å². The standard InChI is InChI=1S/C9H20N2/c1-7(2)10-6-9-4-8(3)5-11-9/h7-11H,4-6H2,1-3H3. The Morgan fingerprint density at radius 1 is 1.55 bits per heavy atom. The molecule has 11 heavy (non-hydrogen) atoms. The molecule has 1 aliphatic heterocycles. The highest BCUT2D eigenvalue weighted by Gasteiger charge is 2.19. The van der Waals surface area contributed by atoms with Crippen LogP contribution in [0.25, 0.3) is 0 Å². The van der Waals surface area contributed by atoms with Crippen molar-refractivity contribution in [2.45, 2.75) is 39.3 Å². The minimum absolute atomic E-state index is 0.618. The molecule has 2 atom stereocenters. The first kappa shape index (κ1) is 9.01. The third-order valence-electron chi connectivity index (χ3n) is 2.21. The van der Waals surface area contributed by atoms with Crippen LogP contribution in [0.4, 0.5) is 0 Å². The summed E-state index contributed by atoms with van der Waals surface area (Å²) in [7, 11) is 0. The van der Waals surface area contributed by atoms with Crippen LogP contribution in [-0.2, 0) is 0 Å². The first-order valence-electron chi connectivity index (χ1n) is 4.65. The van der Waals surface area contributed by atoms with Gasteiger partial charge in [-0.15, -0.1) is 0 Å². The second kappa shape index (κ2) is 4.07. The van der Waals surface area contributed by atoms with Gasteiger partial charge in [0.05, 0.1) is 0 Å². The Morgan fingerprint density at radius 3 is 2.73 bits per heavy atom. The van der Waals surface area contributed by atoms with Crippen LogP contribution in [0.5, 0.6) is 0 Å². The summed E-state index contributed by atoms with van der Waals surface area (Å²) >= 11 is 0. The van der Waals surface area contributed by atoms with Crippen molar-refractivity contribution in [3.8, 4) is 0 Å². The number of hydrogen-bond donors (Lipinski definition) is 2. The molecular formula is C9H20N2. The third-order valence-corrected chi connectivity index (χ3v) is 2.21. The van der Waals surface area contributed by atoms with Crippen LogP contribution in [0.3, 0.4) is 0 Å². The third kappa shape index (κ3) is 3.21. The second-order valence-corrected chi connectivity index (χ2v) is 4.01. The van der Waals surface area contributed by atoms with Gasteiger partial charge in [-0.1, -0.05) is 20.8 Å². The summed E-state index contributed by atoms with van der Waals surface area (Å²) in [4.78, 5) is 0. The van der Waals surface area contributed by atoms with Gasteiger partial charge >= 0.3 is 0 Å². The van der Waals surface area contributed by atoms with Gasteiger partial charge in [0.15, 0.2) is 0 Å². The van der Waals surface area contributed by atoms with Gasteiger partial charge in [-0.2, -0.15) is 0 Å². The van der Waals surface area contributed by atoms with E-state index in [2.05, 4.69) is 31.4 Å². The van der Waals surface area contributed by atoms with E-state index in [0.29, 0.717) is 12.1 Å². The molecule has 1 aliphatic rings. The Hall–Kier alpha value is -0.0800. The highest BCUT2D eigenvalue weighted by atomic mass is 15.0. The summed E-state index contributed by atoms with van der Waals surface area (Å²) < 4.78 is 0. The predicted octanol–water partition coefficient (Wildman–Crippen LogP) is 0.982. The van der Waals surface area contributed by atoms with Crippen molar-refractivity contribution in [3.05, 3.63) is 0 Å². The van der Waals surface area contributed by atoms with E-state index >= 15 is 0 Å². The molecule has 1 saturated heterocycles. The Kier molecular flexibility index (Phi) is 3.34. The predicted molar refractivity (Wildman–Crippen MR) is 48.7 cm³/mol. The largest absolute Gasteiger partial charge is 0.313 e. The highest BCUT2D eigenvalue weighted by molar-refractivity contribution is 4.80. The van der Waals surface area contributed by atoms with Crippen LogP contribution < -0.4 is 10.6 Å². The maximum Gasteiger partial charge on any atom is 0.0195 e. The lowest BCUT2D eigenvalue weighted by Gasteiger charge is -2.13. The van der Waals surface area contributed by atoms with Gasteiger partial charge in [0.1, 0.15) is 0 Å². The molecule has 2 N–H and O–H groups in total. The second-order valence-electron chi connectivity index (χ2n) is 4.01. The molecule has 1 rings (SSSR count). The zero-order chi connectivity index (χ0) is 8.27. The summed E-state index contributed by atoms with van der Waals surface area (Å²) in [5.74, 6) is 0.869. The molecule has 0 aromatic carbocycles. The Labute approximate surface area is 69.8 Å². The SMILES string of the molecule is CC1CNC(CNC(C)C)C1. The van der Waals surface area contributed by atoms with Crippen molar-refractivity contribution in [1.29, 1.82) is 0 Å². The lowest BCUT2D eigenvalue weighted by Crippen LogP contribution is -2.37. The average molecular weight is 156 g/mol. The number of rotatable bonds is 3. The molecule has 0 aromatic rings. The summed E-state index contributed by atoms with van der Waals surface area (Å²) in [5, 5.41) is 6.94. The quantitative estimate of drug-likeness (QED) is 0.636. The normalized spacial score (nSPS) is 31.6. The van der Waals surface area contributed by atoms with Crippen molar-refractivity contribution < 1.29 is 0 Å². The lowest BCUT2D eigenvalue weighted by atomic mass is 10.1. The molecule has 0 aromatic heterocycles. The fourth-order valence-electron chi connectivity index (χ4n) is 1.55. The maximum absolute atomic E-state index is 3.50. The van der Waals surface area contributed by atoms with Crippen LogP contribution in [0.2, 0.25) is 0 Å². The first-order chi connectivity index (χ1) is 5.18. The van der Waals surface area contributed by atoms with Crippen LogP contribution >= 0.6 is 0 Å². The Morgan fingerprint density at radius 2 is 2.27 bits per heavy atom. The van der Waals surface area contributed by atoms with E-state index in [9.17, 15) is 0 Å². The van der Waals surface area contributed by atoms with Gasteiger partial charge in [-0.3, -0.25) is 0 Å². The number of hydrogen-bond acceptors (Lipinski definition) is 2. The van der Waals surface area contributed by atoms with Gasteiger partial charge < -0.3 is 10.6 Å². The van der Waals surface area contributed by atoms with E-state index in [0.717, 1.165) is 12.5 Å². The zero-order valence-electron chi connectivity index (χ0n) is 7.85. The molecular weight excluding hydrogens is 136 g/mol. The fraction of sp³-hybridized carbons (Fsp3) is 1.00. The van der Waals surface area contributed by atoms with E-state index in [1.165, 1.54) is 13.0 Å². The van der Waals surface area contributed by atoms with Crippen LogP contribution in [0, 0.1) is 5.92 Å². The topological polar surface area (TPSA) is 24.1 Å². The van der Waals surface area contributed by atoms with Crippen molar-refractivity contribution in [3.63, 3.8) is 0 Å². The Bertz CT molecular complexity index is 112. The molecule has 1 fully saturated rings. The molecule has 0 radical (unpaired) electrons. The molecule has 2 unspecified atom stereocenters. The van der Waals surface area contributed by atoms with Gasteiger partial charge in [0.2, 0.25) is 0 Å². The molecule has 2 nitrogen and oxygen atoms in total. The minimum atomic E-state index is 0.618. The molecule has 0 spiro atoms. The van der Waals surface area contributed by atoms with E-state index < -0.39 is 0 Å². The summed E-state index contributed by atoms with van der Waals surface area (Å²) in [6.07, 6.45) is 1.33. The van der Waals surface area contributed by atoms with Crippen molar-refractivity contribution in [2.24, 2.45) is 5.92 Å². The first-order valence-corrected chi connectivity index (χ1v) is 4.65. The zero-order valence-corrected chi connectivity index (χ0v) is 7.85. The summed E-state index contributed by atoms with van der Waals surface area (Å²) in [6.45, 7) is 9.02.